The van der Waals surface area contributed by atoms with Gasteiger partial charge in [-0.3, -0.25) is 15.0 Å². The van der Waals surface area contributed by atoms with E-state index in [9.17, 15) is 9.59 Å². The Morgan fingerprint density at radius 2 is 1.90 bits per heavy atom. The second kappa shape index (κ2) is 9.35. The molecule has 1 aliphatic heterocycles. The van der Waals surface area contributed by atoms with Gasteiger partial charge in [0.15, 0.2) is 11.5 Å². The van der Waals surface area contributed by atoms with Crippen molar-refractivity contribution in [2.24, 2.45) is 0 Å². The van der Waals surface area contributed by atoms with Crippen LogP contribution in [0.15, 0.2) is 22.6 Å². The number of nitrogens with zero attached hydrogens (tertiary/aromatic N) is 2. The first-order chi connectivity index (χ1) is 14.5. The van der Waals surface area contributed by atoms with E-state index in [2.05, 4.69) is 20.5 Å². The van der Waals surface area contributed by atoms with E-state index < -0.39 is 0 Å². The second-order valence-corrected chi connectivity index (χ2v) is 8.88. The topological polar surface area (TPSA) is 87.5 Å². The number of imide groups is 1. The number of aromatic nitrogens is 1. The van der Waals surface area contributed by atoms with Gasteiger partial charge in [-0.05, 0) is 63.9 Å². The number of oxazole rings is 1. The maximum atomic E-state index is 12.5. The lowest BCUT2D eigenvalue weighted by Gasteiger charge is -2.34. The van der Waals surface area contributed by atoms with Gasteiger partial charge in [-0.25, -0.2) is 9.78 Å². The van der Waals surface area contributed by atoms with Gasteiger partial charge in [-0.2, -0.15) is 0 Å². The van der Waals surface area contributed by atoms with Gasteiger partial charge in [-0.15, -0.1) is 0 Å². The molecular formula is C22H29ClN4O3. The Bertz CT molecular complexity index is 901. The van der Waals surface area contributed by atoms with Crippen molar-refractivity contribution in [2.75, 3.05) is 13.1 Å². The predicted molar refractivity (Wildman–Crippen MR) is 116 cm³/mol. The van der Waals surface area contributed by atoms with Crippen molar-refractivity contribution in [1.29, 1.82) is 0 Å². The van der Waals surface area contributed by atoms with Crippen molar-refractivity contribution in [3.63, 3.8) is 0 Å². The summed E-state index contributed by atoms with van der Waals surface area (Å²) in [5.74, 6) is 0.700. The fourth-order valence-electron chi connectivity index (χ4n) is 4.48. The Morgan fingerprint density at radius 1 is 1.17 bits per heavy atom. The summed E-state index contributed by atoms with van der Waals surface area (Å²) >= 11 is 6.03. The number of carbonyl (C=O) groups excluding carboxylic acids is 2. The number of piperidine rings is 1. The van der Waals surface area contributed by atoms with Crippen molar-refractivity contribution in [1.82, 2.24) is 20.5 Å². The Labute approximate surface area is 181 Å². The maximum Gasteiger partial charge on any atom is 0.321 e. The average molecular weight is 433 g/mol. The summed E-state index contributed by atoms with van der Waals surface area (Å²) < 4.78 is 5.91. The standard InChI is InChI=1S/C22H29ClN4O3/c1-14(20(28)26-22(29)24-17-5-3-2-4-6-17)27-11-9-15(10-12-27)21-25-18-13-16(23)7-8-19(18)30-21/h7-8,13-15,17H,2-6,9-12H2,1H3,(H2,24,26,28,29). The molecule has 1 aromatic carbocycles. The Morgan fingerprint density at radius 3 is 2.63 bits per heavy atom. The highest BCUT2D eigenvalue weighted by Gasteiger charge is 2.30. The number of rotatable bonds is 4. The van der Waals surface area contributed by atoms with Crippen LogP contribution in [0, 0.1) is 0 Å². The third-order valence-electron chi connectivity index (χ3n) is 6.35. The van der Waals surface area contributed by atoms with Gasteiger partial charge in [0.2, 0.25) is 5.91 Å². The number of carbonyl (C=O) groups is 2. The van der Waals surface area contributed by atoms with Crippen molar-refractivity contribution in [2.45, 2.75) is 69.9 Å². The molecule has 1 saturated heterocycles. The van der Waals surface area contributed by atoms with E-state index in [1.165, 1.54) is 6.42 Å². The van der Waals surface area contributed by atoms with Gasteiger partial charge in [0.05, 0.1) is 6.04 Å². The molecule has 4 rings (SSSR count). The number of urea groups is 1. The molecule has 0 bridgehead atoms. The van der Waals surface area contributed by atoms with E-state index in [-0.39, 0.29) is 29.9 Å². The first kappa shape index (κ1) is 21.1. The van der Waals surface area contributed by atoms with Gasteiger partial charge in [0, 0.05) is 17.0 Å². The number of nitrogens with one attached hydrogen (secondary N) is 2. The zero-order valence-corrected chi connectivity index (χ0v) is 18.1. The van der Waals surface area contributed by atoms with Gasteiger partial charge < -0.3 is 9.73 Å². The van der Waals surface area contributed by atoms with Crippen molar-refractivity contribution < 1.29 is 14.0 Å². The van der Waals surface area contributed by atoms with Crippen LogP contribution in [-0.2, 0) is 4.79 Å². The summed E-state index contributed by atoms with van der Waals surface area (Å²) in [6.45, 7) is 3.36. The highest BCUT2D eigenvalue weighted by Crippen LogP contribution is 2.31. The molecule has 2 aliphatic rings. The van der Waals surface area contributed by atoms with Crippen molar-refractivity contribution in [3.05, 3.63) is 29.1 Å². The first-order valence-corrected chi connectivity index (χ1v) is 11.3. The second-order valence-electron chi connectivity index (χ2n) is 8.45. The Hall–Kier alpha value is -2.12. The van der Waals surface area contributed by atoms with E-state index in [4.69, 9.17) is 16.0 Å². The van der Waals surface area contributed by atoms with Crippen LogP contribution in [-0.4, -0.2) is 47.0 Å². The van der Waals surface area contributed by atoms with E-state index in [0.29, 0.717) is 5.02 Å². The smallest absolute Gasteiger partial charge is 0.321 e. The number of benzene rings is 1. The fourth-order valence-corrected chi connectivity index (χ4v) is 4.64. The third-order valence-corrected chi connectivity index (χ3v) is 6.58. The van der Waals surface area contributed by atoms with Crippen LogP contribution in [0.1, 0.15) is 63.7 Å². The predicted octanol–water partition coefficient (Wildman–Crippen LogP) is 4.21. The molecule has 1 unspecified atom stereocenters. The van der Waals surface area contributed by atoms with Crippen LogP contribution in [0.2, 0.25) is 5.02 Å². The molecule has 8 heteroatoms. The molecule has 1 aromatic heterocycles. The van der Waals surface area contributed by atoms with Gasteiger partial charge >= 0.3 is 6.03 Å². The molecule has 2 heterocycles. The average Bonchev–Trinajstić information content (AvgIpc) is 3.17. The zero-order chi connectivity index (χ0) is 21.1. The number of fused-ring (bicyclic) bond motifs is 1. The molecule has 1 aliphatic carbocycles. The lowest BCUT2D eigenvalue weighted by Crippen LogP contribution is -2.52. The lowest BCUT2D eigenvalue weighted by molar-refractivity contribution is -0.125. The summed E-state index contributed by atoms with van der Waals surface area (Å²) in [5.41, 5.74) is 1.52. The van der Waals surface area contributed by atoms with E-state index >= 15 is 0 Å². The van der Waals surface area contributed by atoms with E-state index in [1.807, 2.05) is 19.1 Å². The minimum Gasteiger partial charge on any atom is -0.440 e. The molecule has 30 heavy (non-hydrogen) atoms. The Balaban J connectivity index is 1.27. The molecule has 7 nitrogen and oxygen atoms in total. The Kier molecular flexibility index (Phi) is 6.58. The molecule has 1 atom stereocenters. The van der Waals surface area contributed by atoms with Crippen LogP contribution in [0.25, 0.3) is 11.1 Å². The molecule has 0 spiro atoms. The highest BCUT2D eigenvalue weighted by molar-refractivity contribution is 6.31. The highest BCUT2D eigenvalue weighted by atomic mass is 35.5. The quantitative estimate of drug-likeness (QED) is 0.755. The summed E-state index contributed by atoms with van der Waals surface area (Å²) in [4.78, 5) is 31.4. The third kappa shape index (κ3) is 4.95. The summed E-state index contributed by atoms with van der Waals surface area (Å²) in [6.07, 6.45) is 7.19. The van der Waals surface area contributed by atoms with Crippen LogP contribution in [0.3, 0.4) is 0 Å². The largest absolute Gasteiger partial charge is 0.440 e. The summed E-state index contributed by atoms with van der Waals surface area (Å²) in [6, 6.07) is 4.90. The number of hydrogen-bond acceptors (Lipinski definition) is 5. The minimum absolute atomic E-state index is 0.184. The fraction of sp³-hybridized carbons (Fsp3) is 0.591. The molecule has 2 N–H and O–H groups in total. The molecular weight excluding hydrogens is 404 g/mol. The van der Waals surface area contributed by atoms with E-state index in [1.54, 1.807) is 6.07 Å². The van der Waals surface area contributed by atoms with Crippen molar-refractivity contribution >= 4 is 34.6 Å². The first-order valence-electron chi connectivity index (χ1n) is 10.9. The summed E-state index contributed by atoms with van der Waals surface area (Å²) in [7, 11) is 0. The van der Waals surface area contributed by atoms with Gasteiger partial charge in [-0.1, -0.05) is 30.9 Å². The van der Waals surface area contributed by atoms with Gasteiger partial charge in [0.1, 0.15) is 5.52 Å². The van der Waals surface area contributed by atoms with Crippen LogP contribution < -0.4 is 10.6 Å². The van der Waals surface area contributed by atoms with Gasteiger partial charge in [0.25, 0.3) is 0 Å². The minimum atomic E-state index is -0.376. The molecule has 2 fully saturated rings. The maximum absolute atomic E-state index is 12.5. The van der Waals surface area contributed by atoms with E-state index in [0.717, 1.165) is 68.6 Å². The van der Waals surface area contributed by atoms with Crippen molar-refractivity contribution in [3.8, 4) is 0 Å². The summed E-state index contributed by atoms with van der Waals surface area (Å²) in [5, 5.41) is 6.09. The van der Waals surface area contributed by atoms with Crippen LogP contribution >= 0.6 is 11.6 Å². The number of hydrogen-bond donors (Lipinski definition) is 2. The number of halogens is 1. The normalized spacial score (nSPS) is 20.2. The molecule has 162 valence electrons. The monoisotopic (exact) mass is 432 g/mol. The zero-order valence-electron chi connectivity index (χ0n) is 17.3. The molecule has 1 saturated carbocycles. The molecule has 3 amide bonds. The number of likely N-dealkylation sites (tertiary alicyclic amines) is 1. The van der Waals surface area contributed by atoms with Crippen LogP contribution in [0.5, 0.6) is 0 Å². The van der Waals surface area contributed by atoms with Crippen LogP contribution in [0.4, 0.5) is 4.79 Å². The molecule has 0 radical (unpaired) electrons. The SMILES string of the molecule is CC(C(=O)NC(=O)NC1CCCCC1)N1CCC(c2nc3cc(Cl)ccc3o2)CC1. The molecule has 2 aromatic rings. The lowest BCUT2D eigenvalue weighted by atomic mass is 9.95. The number of amides is 3.